The number of aliphatic hydroxyl groups is 1. The lowest BCUT2D eigenvalue weighted by Gasteiger charge is -2.02. The molecule has 4 nitrogen and oxygen atoms in total. The second-order valence-corrected chi connectivity index (χ2v) is 7.25. The fourth-order valence-electron chi connectivity index (χ4n) is 3.01. The van der Waals surface area contributed by atoms with Crippen LogP contribution in [0.1, 0.15) is 103 Å². The van der Waals surface area contributed by atoms with Crippen molar-refractivity contribution in [3.05, 3.63) is 23.9 Å². The summed E-state index contributed by atoms with van der Waals surface area (Å²) >= 11 is 0. The third-order valence-electron chi connectivity index (χ3n) is 4.63. The van der Waals surface area contributed by atoms with Gasteiger partial charge in [-0.25, -0.2) is 4.98 Å². The maximum Gasteiger partial charge on any atom is 0.314 e. The molecule has 0 unspecified atom stereocenters. The summed E-state index contributed by atoms with van der Waals surface area (Å²) in [6.07, 6.45) is 16.9. The fourth-order valence-corrected chi connectivity index (χ4v) is 3.01. The van der Waals surface area contributed by atoms with Crippen molar-refractivity contribution < 1.29 is 14.6 Å². The molecule has 0 aliphatic rings. The Hall–Kier alpha value is -1.86. The van der Waals surface area contributed by atoms with Crippen LogP contribution >= 0.6 is 0 Å². The van der Waals surface area contributed by atoms with Crippen LogP contribution in [0.15, 0.2) is 18.2 Å². The van der Waals surface area contributed by atoms with E-state index >= 15 is 0 Å². The molecule has 0 saturated heterocycles. The van der Waals surface area contributed by atoms with Gasteiger partial charge in [0.1, 0.15) is 5.69 Å². The van der Waals surface area contributed by atoms with Crippen molar-refractivity contribution in [3.63, 3.8) is 0 Å². The zero-order chi connectivity index (χ0) is 20.3. The van der Waals surface area contributed by atoms with E-state index in [1.807, 2.05) is 0 Å². The van der Waals surface area contributed by atoms with Crippen LogP contribution in [-0.4, -0.2) is 22.7 Å². The number of hydrogen-bond donors (Lipinski definition) is 1. The quantitative estimate of drug-likeness (QED) is 0.234. The molecule has 28 heavy (non-hydrogen) atoms. The second kappa shape index (κ2) is 17.3. The summed E-state index contributed by atoms with van der Waals surface area (Å²) in [7, 11) is 0. The summed E-state index contributed by atoms with van der Waals surface area (Å²) in [6.45, 7) is 2.04. The minimum Gasteiger partial charge on any atom is -0.407 e. The molecule has 1 aromatic heterocycles. The highest BCUT2D eigenvalue weighted by Gasteiger charge is 2.04. The average Bonchev–Trinajstić information content (AvgIpc) is 2.68. The lowest BCUT2D eigenvalue weighted by atomic mass is 10.0. The molecule has 0 amide bonds. The highest BCUT2D eigenvalue weighted by atomic mass is 16.5. The lowest BCUT2D eigenvalue weighted by molar-refractivity contribution is -0.135. The molecule has 1 heterocycles. The first-order valence-electron chi connectivity index (χ1n) is 11.0. The molecule has 0 fully saturated rings. The average molecular weight is 388 g/mol. The van der Waals surface area contributed by atoms with Crippen molar-refractivity contribution >= 4 is 5.97 Å². The molecular formula is C24H37NO3. The van der Waals surface area contributed by atoms with Gasteiger partial charge >= 0.3 is 5.97 Å². The van der Waals surface area contributed by atoms with E-state index in [1.54, 1.807) is 18.2 Å². The van der Waals surface area contributed by atoms with E-state index in [0.29, 0.717) is 5.69 Å². The number of unbranched alkanes of at least 4 members (excludes halogenated alkanes) is 12. The van der Waals surface area contributed by atoms with E-state index in [2.05, 4.69) is 23.7 Å². The van der Waals surface area contributed by atoms with Crippen molar-refractivity contribution in [1.82, 2.24) is 4.98 Å². The molecule has 0 saturated carbocycles. The van der Waals surface area contributed by atoms with Gasteiger partial charge in [-0.2, -0.15) is 0 Å². The number of carbonyl (C=O) groups excluding carboxylic acids is 1. The number of rotatable bonds is 15. The van der Waals surface area contributed by atoms with Crippen molar-refractivity contribution in [2.24, 2.45) is 0 Å². The molecule has 0 aliphatic carbocycles. The fraction of sp³-hybridized carbons (Fsp3) is 0.667. The minimum absolute atomic E-state index is 0.0312. The van der Waals surface area contributed by atoms with Gasteiger partial charge < -0.3 is 9.84 Å². The van der Waals surface area contributed by atoms with Gasteiger partial charge in [-0.3, -0.25) is 4.79 Å². The van der Waals surface area contributed by atoms with Gasteiger partial charge in [0.15, 0.2) is 0 Å². The van der Waals surface area contributed by atoms with Crippen LogP contribution in [0.3, 0.4) is 0 Å². The van der Waals surface area contributed by atoms with Crippen LogP contribution in [0, 0.1) is 11.8 Å². The number of carbonyl (C=O) groups is 1. The van der Waals surface area contributed by atoms with E-state index in [0.717, 1.165) is 12.8 Å². The summed E-state index contributed by atoms with van der Waals surface area (Å²) in [4.78, 5) is 15.6. The van der Waals surface area contributed by atoms with Gasteiger partial charge in [-0.1, -0.05) is 89.5 Å². The Morgan fingerprint density at radius 3 is 2.18 bits per heavy atom. The Labute approximate surface area is 171 Å². The van der Waals surface area contributed by atoms with E-state index in [1.165, 1.54) is 70.6 Å². The largest absolute Gasteiger partial charge is 0.407 e. The first-order valence-corrected chi connectivity index (χ1v) is 11.0. The van der Waals surface area contributed by atoms with Gasteiger partial charge in [0.2, 0.25) is 5.88 Å². The molecule has 156 valence electrons. The van der Waals surface area contributed by atoms with Crippen LogP contribution < -0.4 is 4.74 Å². The van der Waals surface area contributed by atoms with E-state index in [4.69, 9.17) is 9.84 Å². The summed E-state index contributed by atoms with van der Waals surface area (Å²) in [5.41, 5.74) is 0.605. The van der Waals surface area contributed by atoms with Gasteiger partial charge in [0.05, 0.1) is 13.0 Å². The van der Waals surface area contributed by atoms with E-state index in [9.17, 15) is 4.79 Å². The van der Waals surface area contributed by atoms with Crippen LogP contribution in [-0.2, 0) is 4.79 Å². The SMILES string of the molecule is CCCCCCCCCCCCCCC#Cc1cccc(OC(=O)CCO)n1. The first-order chi connectivity index (χ1) is 13.8. The van der Waals surface area contributed by atoms with Crippen LogP contribution in [0.25, 0.3) is 0 Å². The van der Waals surface area contributed by atoms with Crippen molar-refractivity contribution in [2.45, 2.75) is 96.8 Å². The molecule has 1 aromatic rings. The third kappa shape index (κ3) is 13.3. The number of hydrogen-bond acceptors (Lipinski definition) is 4. The number of ether oxygens (including phenoxy) is 1. The maximum absolute atomic E-state index is 11.4. The first kappa shape index (κ1) is 24.2. The van der Waals surface area contributed by atoms with Crippen LogP contribution in [0.5, 0.6) is 5.88 Å². The summed E-state index contributed by atoms with van der Waals surface area (Å²) in [5.74, 6) is 5.92. The molecule has 0 spiro atoms. The highest BCUT2D eigenvalue weighted by molar-refractivity contribution is 5.71. The maximum atomic E-state index is 11.4. The second-order valence-electron chi connectivity index (χ2n) is 7.25. The number of nitrogens with zero attached hydrogens (tertiary/aromatic N) is 1. The molecule has 0 aromatic carbocycles. The Morgan fingerprint density at radius 1 is 0.964 bits per heavy atom. The van der Waals surface area contributed by atoms with Crippen LogP contribution in [0.4, 0.5) is 0 Å². The van der Waals surface area contributed by atoms with Crippen LogP contribution in [0.2, 0.25) is 0 Å². The molecular weight excluding hydrogens is 350 g/mol. The highest BCUT2D eigenvalue weighted by Crippen LogP contribution is 2.12. The van der Waals surface area contributed by atoms with E-state index < -0.39 is 5.97 Å². The minimum atomic E-state index is -0.489. The smallest absolute Gasteiger partial charge is 0.314 e. The van der Waals surface area contributed by atoms with Crippen molar-refractivity contribution in [3.8, 4) is 17.7 Å². The predicted molar refractivity (Wildman–Crippen MR) is 114 cm³/mol. The number of aromatic nitrogens is 1. The Balaban J connectivity index is 2.05. The topological polar surface area (TPSA) is 59.4 Å². The standard InChI is InChI=1S/C24H37NO3/c1-2-3-4-5-6-7-8-9-10-11-12-13-14-15-17-22-18-16-19-23(25-22)28-24(27)20-21-26/h16,18-19,26H,2-14,20-21H2,1H3. The summed E-state index contributed by atoms with van der Waals surface area (Å²) in [6, 6.07) is 5.19. The molecule has 0 radical (unpaired) electrons. The summed E-state index contributed by atoms with van der Waals surface area (Å²) < 4.78 is 5.04. The zero-order valence-corrected chi connectivity index (χ0v) is 17.5. The molecule has 1 N–H and O–H groups in total. The normalized spacial score (nSPS) is 10.4. The van der Waals surface area contributed by atoms with Crippen molar-refractivity contribution in [2.75, 3.05) is 6.61 Å². The molecule has 0 atom stereocenters. The Bertz CT molecular complexity index is 589. The van der Waals surface area contributed by atoms with Gasteiger partial charge in [0, 0.05) is 12.5 Å². The monoisotopic (exact) mass is 387 g/mol. The third-order valence-corrected chi connectivity index (χ3v) is 4.63. The molecule has 1 rings (SSSR count). The predicted octanol–water partition coefficient (Wildman–Crippen LogP) is 5.81. The van der Waals surface area contributed by atoms with Gasteiger partial charge in [-0.05, 0) is 18.4 Å². The Kier molecular flexibility index (Phi) is 14.9. The number of aliphatic hydroxyl groups excluding tert-OH is 1. The van der Waals surface area contributed by atoms with Gasteiger partial charge in [-0.15, -0.1) is 0 Å². The van der Waals surface area contributed by atoms with Crippen molar-refractivity contribution in [1.29, 1.82) is 0 Å². The molecule has 0 aliphatic heterocycles. The van der Waals surface area contributed by atoms with Gasteiger partial charge in [0.25, 0.3) is 0 Å². The molecule has 0 bridgehead atoms. The number of esters is 1. The zero-order valence-electron chi connectivity index (χ0n) is 17.5. The number of pyridine rings is 1. The molecule has 4 heteroatoms. The lowest BCUT2D eigenvalue weighted by Crippen LogP contribution is -2.10. The summed E-state index contributed by atoms with van der Waals surface area (Å²) in [5, 5.41) is 8.72. The van der Waals surface area contributed by atoms with E-state index in [-0.39, 0.29) is 18.9 Å². The Morgan fingerprint density at radius 2 is 1.57 bits per heavy atom.